The maximum Gasteiger partial charge on any atom is 0.262 e. The van der Waals surface area contributed by atoms with Gasteiger partial charge in [-0.3, -0.25) is 4.84 Å². The van der Waals surface area contributed by atoms with Gasteiger partial charge < -0.3 is 9.47 Å². The van der Waals surface area contributed by atoms with Gasteiger partial charge in [0.25, 0.3) is 10.0 Å². The van der Waals surface area contributed by atoms with Crippen LogP contribution in [-0.4, -0.2) is 22.3 Å². The first-order valence-corrected chi connectivity index (χ1v) is 5.56. The zero-order valence-corrected chi connectivity index (χ0v) is 8.71. The maximum atomic E-state index is 11.5. The van der Waals surface area contributed by atoms with Crippen molar-refractivity contribution in [2.24, 2.45) is 0 Å². The highest BCUT2D eigenvalue weighted by Gasteiger charge is 2.19. The molecule has 1 N–H and O–H groups in total. The van der Waals surface area contributed by atoms with Crippen LogP contribution < -0.4 is 14.4 Å². The SMILES string of the molecule is CONS(=O)(=O)c1ccc2c(c1)OCO2. The van der Waals surface area contributed by atoms with Crippen LogP contribution in [0.15, 0.2) is 23.1 Å². The maximum absolute atomic E-state index is 11.5. The normalized spacial score (nSPS) is 14.2. The number of ether oxygens (including phenoxy) is 2. The summed E-state index contributed by atoms with van der Waals surface area (Å²) in [5.41, 5.74) is 0. The topological polar surface area (TPSA) is 73.9 Å². The predicted molar refractivity (Wildman–Crippen MR) is 49.9 cm³/mol. The largest absolute Gasteiger partial charge is 0.454 e. The van der Waals surface area contributed by atoms with Crippen molar-refractivity contribution in [3.63, 3.8) is 0 Å². The van der Waals surface area contributed by atoms with E-state index < -0.39 is 10.0 Å². The fourth-order valence-electron chi connectivity index (χ4n) is 1.20. The Morgan fingerprint density at radius 1 is 1.33 bits per heavy atom. The standard InChI is InChI=1S/C8H9NO5S/c1-12-9-15(10,11)6-2-3-7-8(4-6)14-5-13-7/h2-4,9H,5H2,1H3. The van der Waals surface area contributed by atoms with E-state index in [9.17, 15) is 8.42 Å². The molecule has 0 aliphatic carbocycles. The van der Waals surface area contributed by atoms with Crippen molar-refractivity contribution in [2.75, 3.05) is 13.9 Å². The van der Waals surface area contributed by atoms with E-state index in [1.165, 1.54) is 25.3 Å². The van der Waals surface area contributed by atoms with Crippen LogP contribution in [0.2, 0.25) is 0 Å². The Morgan fingerprint density at radius 2 is 2.07 bits per heavy atom. The average Bonchev–Trinajstić information content (AvgIpc) is 2.63. The first-order chi connectivity index (χ1) is 7.13. The molecule has 7 heteroatoms. The zero-order valence-electron chi connectivity index (χ0n) is 7.89. The van der Waals surface area contributed by atoms with E-state index >= 15 is 0 Å². The van der Waals surface area contributed by atoms with Crippen molar-refractivity contribution in [3.05, 3.63) is 18.2 Å². The molecule has 1 aromatic rings. The molecule has 82 valence electrons. The van der Waals surface area contributed by atoms with Crippen LogP contribution in [0, 0.1) is 0 Å². The molecule has 6 nitrogen and oxygen atoms in total. The van der Waals surface area contributed by atoms with Gasteiger partial charge in [-0.15, -0.1) is 0 Å². The van der Waals surface area contributed by atoms with E-state index in [4.69, 9.17) is 9.47 Å². The Balaban J connectivity index is 2.38. The first-order valence-electron chi connectivity index (χ1n) is 4.08. The molecular weight excluding hydrogens is 222 g/mol. The third-order valence-corrected chi connectivity index (χ3v) is 3.11. The van der Waals surface area contributed by atoms with Crippen molar-refractivity contribution in [1.82, 2.24) is 4.89 Å². The van der Waals surface area contributed by atoms with Crippen molar-refractivity contribution >= 4 is 10.0 Å². The van der Waals surface area contributed by atoms with Crippen molar-refractivity contribution < 1.29 is 22.7 Å². The molecule has 0 unspecified atom stereocenters. The molecule has 0 saturated heterocycles. The number of hydrogen-bond donors (Lipinski definition) is 1. The Hall–Kier alpha value is -1.31. The molecule has 1 heterocycles. The molecule has 0 amide bonds. The summed E-state index contributed by atoms with van der Waals surface area (Å²) in [4.78, 5) is 6.34. The number of benzene rings is 1. The molecule has 2 rings (SSSR count). The van der Waals surface area contributed by atoms with E-state index in [2.05, 4.69) is 4.84 Å². The predicted octanol–water partition coefficient (Wildman–Crippen LogP) is 0.255. The molecule has 15 heavy (non-hydrogen) atoms. The lowest BCUT2D eigenvalue weighted by atomic mass is 10.3. The van der Waals surface area contributed by atoms with Gasteiger partial charge >= 0.3 is 0 Å². The molecule has 1 aliphatic heterocycles. The second kappa shape index (κ2) is 3.69. The summed E-state index contributed by atoms with van der Waals surface area (Å²) < 4.78 is 33.1. The lowest BCUT2D eigenvalue weighted by Gasteiger charge is -2.04. The molecular formula is C8H9NO5S. The molecule has 1 aromatic carbocycles. The second-order valence-electron chi connectivity index (χ2n) is 2.81. The molecule has 0 aromatic heterocycles. The van der Waals surface area contributed by atoms with Gasteiger partial charge in [0.2, 0.25) is 6.79 Å². The summed E-state index contributed by atoms with van der Waals surface area (Å²) in [7, 11) is -2.41. The van der Waals surface area contributed by atoms with Crippen LogP contribution in [0.3, 0.4) is 0 Å². The minimum absolute atomic E-state index is 0.0635. The molecule has 0 bridgehead atoms. The monoisotopic (exact) mass is 231 g/mol. The molecule has 0 fully saturated rings. The van der Waals surface area contributed by atoms with Crippen molar-refractivity contribution in [3.8, 4) is 11.5 Å². The second-order valence-corrected chi connectivity index (χ2v) is 4.45. The van der Waals surface area contributed by atoms with Crippen molar-refractivity contribution in [2.45, 2.75) is 4.90 Å². The summed E-state index contributed by atoms with van der Waals surface area (Å²) in [6, 6.07) is 4.32. The summed E-state index contributed by atoms with van der Waals surface area (Å²) >= 11 is 0. The van der Waals surface area contributed by atoms with E-state index in [1.54, 1.807) is 0 Å². The lowest BCUT2D eigenvalue weighted by Crippen LogP contribution is -2.22. The van der Waals surface area contributed by atoms with Gasteiger partial charge in [0.1, 0.15) is 0 Å². The average molecular weight is 231 g/mol. The number of fused-ring (bicyclic) bond motifs is 1. The highest BCUT2D eigenvalue weighted by molar-refractivity contribution is 7.89. The minimum Gasteiger partial charge on any atom is -0.454 e. The zero-order chi connectivity index (χ0) is 10.9. The summed E-state index contributed by atoms with van der Waals surface area (Å²) in [5, 5.41) is 0. The Morgan fingerprint density at radius 3 is 2.80 bits per heavy atom. The molecule has 1 aliphatic rings. The minimum atomic E-state index is -3.64. The van der Waals surface area contributed by atoms with Gasteiger partial charge in [0.05, 0.1) is 12.0 Å². The van der Waals surface area contributed by atoms with E-state index in [-0.39, 0.29) is 11.7 Å². The molecule has 0 atom stereocenters. The van der Waals surface area contributed by atoms with Crippen LogP contribution in [0.5, 0.6) is 11.5 Å². The van der Waals surface area contributed by atoms with E-state index in [1.807, 2.05) is 4.89 Å². The highest BCUT2D eigenvalue weighted by atomic mass is 32.2. The molecule has 0 spiro atoms. The molecule has 0 radical (unpaired) electrons. The number of rotatable bonds is 3. The van der Waals surface area contributed by atoms with Crippen molar-refractivity contribution in [1.29, 1.82) is 0 Å². The number of hydrogen-bond acceptors (Lipinski definition) is 5. The summed E-state index contributed by atoms with van der Waals surface area (Å²) in [5.74, 6) is 0.945. The van der Waals surface area contributed by atoms with Gasteiger partial charge in [-0.1, -0.05) is 4.89 Å². The highest BCUT2D eigenvalue weighted by Crippen LogP contribution is 2.33. The third-order valence-electron chi connectivity index (χ3n) is 1.85. The Bertz CT molecular complexity index is 470. The Kier molecular flexibility index (Phi) is 2.51. The summed E-state index contributed by atoms with van der Waals surface area (Å²) in [6.45, 7) is 0.108. The van der Waals surface area contributed by atoms with E-state index in [0.29, 0.717) is 11.5 Å². The first kappa shape index (κ1) is 10.2. The fourth-order valence-corrected chi connectivity index (χ4v) is 2.03. The van der Waals surface area contributed by atoms with Gasteiger partial charge in [0.15, 0.2) is 11.5 Å². The Labute approximate surface area is 86.8 Å². The van der Waals surface area contributed by atoms with Gasteiger partial charge in [0, 0.05) is 6.07 Å². The quantitative estimate of drug-likeness (QED) is 0.755. The van der Waals surface area contributed by atoms with Crippen LogP contribution in [0.1, 0.15) is 0 Å². The number of nitrogens with one attached hydrogen (secondary N) is 1. The van der Waals surface area contributed by atoms with Crippen LogP contribution in [0.25, 0.3) is 0 Å². The smallest absolute Gasteiger partial charge is 0.262 e. The lowest BCUT2D eigenvalue weighted by molar-refractivity contribution is 0.153. The number of sulfonamides is 1. The van der Waals surface area contributed by atoms with Gasteiger partial charge in [-0.25, -0.2) is 8.42 Å². The van der Waals surface area contributed by atoms with E-state index in [0.717, 1.165) is 0 Å². The van der Waals surface area contributed by atoms with Crippen LogP contribution >= 0.6 is 0 Å². The summed E-state index contributed by atoms with van der Waals surface area (Å²) in [6.07, 6.45) is 0. The third kappa shape index (κ3) is 1.89. The van der Waals surface area contributed by atoms with Gasteiger partial charge in [-0.05, 0) is 12.1 Å². The molecule has 0 saturated carbocycles. The van der Waals surface area contributed by atoms with Crippen LogP contribution in [-0.2, 0) is 14.9 Å². The van der Waals surface area contributed by atoms with Gasteiger partial charge in [-0.2, -0.15) is 0 Å². The van der Waals surface area contributed by atoms with Crippen LogP contribution in [0.4, 0.5) is 0 Å². The fraction of sp³-hybridized carbons (Fsp3) is 0.250.